The summed E-state index contributed by atoms with van der Waals surface area (Å²) in [7, 11) is 0. The van der Waals surface area contributed by atoms with Crippen molar-refractivity contribution in [2.45, 2.75) is 13.3 Å². The molecule has 0 aliphatic rings. The molecule has 0 saturated carbocycles. The first-order chi connectivity index (χ1) is 8.71. The van der Waals surface area contributed by atoms with Crippen LogP contribution in [-0.2, 0) is 6.42 Å². The Bertz CT molecular complexity index is 709. The summed E-state index contributed by atoms with van der Waals surface area (Å²) >= 11 is 12.7. The maximum absolute atomic E-state index is 4.67. The molecule has 0 amide bonds. The molecular formula is C11H7BrN4S2. The number of pyridine rings is 1. The fourth-order valence-electron chi connectivity index (χ4n) is 1.66. The van der Waals surface area contributed by atoms with Crippen LogP contribution in [0.15, 0.2) is 26.7 Å². The lowest BCUT2D eigenvalue weighted by Crippen LogP contribution is -1.85. The zero-order chi connectivity index (χ0) is 13.1. The Kier molecular flexibility index (Phi) is 4.11. The Balaban J connectivity index is 2.91. The molecule has 0 aliphatic heterocycles. The number of hydrogen-bond acceptors (Lipinski definition) is 5. The Morgan fingerprint density at radius 2 is 2.11 bits per heavy atom. The van der Waals surface area contributed by atoms with E-state index in [2.05, 4.69) is 65.7 Å². The monoisotopic (exact) mass is 338 g/mol. The van der Waals surface area contributed by atoms with E-state index in [-0.39, 0.29) is 0 Å². The van der Waals surface area contributed by atoms with Crippen molar-refractivity contribution in [1.82, 2.24) is 9.38 Å². The number of aryl methyl sites for hydroxylation is 1. The Labute approximate surface area is 123 Å². The van der Waals surface area contributed by atoms with E-state index in [9.17, 15) is 0 Å². The van der Waals surface area contributed by atoms with Gasteiger partial charge in [-0.1, -0.05) is 6.92 Å². The van der Waals surface area contributed by atoms with Crippen molar-refractivity contribution >= 4 is 67.8 Å². The average molecular weight is 339 g/mol. The molecule has 0 N–H and O–H groups in total. The summed E-state index contributed by atoms with van der Waals surface area (Å²) in [5, 5.41) is 4.72. The lowest BCUT2D eigenvalue weighted by atomic mass is 10.3. The Morgan fingerprint density at radius 1 is 1.39 bits per heavy atom. The first kappa shape index (κ1) is 13.2. The number of halogens is 1. The minimum absolute atomic E-state index is 0.639. The molecule has 0 bridgehead atoms. The number of isothiocyanates is 2. The van der Waals surface area contributed by atoms with Gasteiger partial charge >= 0.3 is 0 Å². The highest BCUT2D eigenvalue weighted by molar-refractivity contribution is 9.10. The van der Waals surface area contributed by atoms with Gasteiger partial charge in [-0.05, 0) is 52.9 Å². The number of nitrogens with zero attached hydrogens (tertiary/aromatic N) is 4. The highest BCUT2D eigenvalue weighted by atomic mass is 79.9. The molecule has 90 valence electrons. The molecule has 2 heterocycles. The van der Waals surface area contributed by atoms with E-state index in [1.54, 1.807) is 0 Å². The standard InChI is InChI=1S/C11H7BrN4S2/c1-2-8-10(14-6-18)16-4-7(12)3-9(13-5-17)11(16)15-8/h3-4H,2H2,1H3. The van der Waals surface area contributed by atoms with Gasteiger partial charge < -0.3 is 0 Å². The van der Waals surface area contributed by atoms with Crippen LogP contribution in [0.5, 0.6) is 0 Å². The van der Waals surface area contributed by atoms with Gasteiger partial charge in [-0.15, -0.1) is 0 Å². The summed E-state index contributed by atoms with van der Waals surface area (Å²) in [6.45, 7) is 2.00. The van der Waals surface area contributed by atoms with E-state index >= 15 is 0 Å². The van der Waals surface area contributed by atoms with Crippen LogP contribution < -0.4 is 0 Å². The van der Waals surface area contributed by atoms with Crippen LogP contribution in [-0.4, -0.2) is 19.7 Å². The normalized spacial score (nSPS) is 9.89. The summed E-state index contributed by atoms with van der Waals surface area (Å²) in [4.78, 5) is 12.6. The SMILES string of the molecule is CCc1nc2c(N=C=S)cc(Br)cn2c1N=C=S. The quantitative estimate of drug-likeness (QED) is 0.624. The third kappa shape index (κ3) is 2.32. The maximum Gasteiger partial charge on any atom is 0.170 e. The third-order valence-electron chi connectivity index (χ3n) is 2.36. The van der Waals surface area contributed by atoms with Gasteiger partial charge in [0.15, 0.2) is 11.5 Å². The van der Waals surface area contributed by atoms with E-state index in [1.165, 1.54) is 0 Å². The second-order valence-corrected chi connectivity index (χ2v) is 4.66. The predicted octanol–water partition coefficient (Wildman–Crippen LogP) is 4.13. The van der Waals surface area contributed by atoms with Gasteiger partial charge in [-0.3, -0.25) is 4.40 Å². The number of imidazole rings is 1. The van der Waals surface area contributed by atoms with Gasteiger partial charge in [0.1, 0.15) is 5.69 Å². The van der Waals surface area contributed by atoms with Crippen molar-refractivity contribution in [2.24, 2.45) is 9.98 Å². The highest BCUT2D eigenvalue weighted by Gasteiger charge is 2.13. The number of rotatable bonds is 3. The van der Waals surface area contributed by atoms with Crippen molar-refractivity contribution in [1.29, 1.82) is 0 Å². The molecule has 18 heavy (non-hydrogen) atoms. The molecule has 0 unspecified atom stereocenters. The fourth-order valence-corrected chi connectivity index (χ4v) is 2.27. The first-order valence-corrected chi connectivity index (χ1v) is 6.68. The van der Waals surface area contributed by atoms with Gasteiger partial charge in [0.25, 0.3) is 0 Å². The Hall–Kier alpha value is -1.23. The maximum atomic E-state index is 4.67. The van der Waals surface area contributed by atoms with Crippen LogP contribution in [0, 0.1) is 0 Å². The van der Waals surface area contributed by atoms with E-state index in [0.29, 0.717) is 17.2 Å². The van der Waals surface area contributed by atoms with Gasteiger partial charge in [0, 0.05) is 10.7 Å². The second-order valence-electron chi connectivity index (χ2n) is 3.38. The molecule has 4 nitrogen and oxygen atoms in total. The molecule has 0 spiro atoms. The molecule has 7 heteroatoms. The molecule has 2 rings (SSSR count). The molecule has 0 radical (unpaired) electrons. The summed E-state index contributed by atoms with van der Waals surface area (Å²) < 4.78 is 2.66. The minimum Gasteiger partial charge on any atom is -0.281 e. The van der Waals surface area contributed by atoms with Crippen LogP contribution in [0.4, 0.5) is 11.5 Å². The van der Waals surface area contributed by atoms with Crippen LogP contribution >= 0.6 is 40.4 Å². The molecule has 0 saturated heterocycles. The number of thiocarbonyl (C=S) groups is 2. The van der Waals surface area contributed by atoms with E-state index in [4.69, 9.17) is 0 Å². The number of fused-ring (bicyclic) bond motifs is 1. The van der Waals surface area contributed by atoms with Gasteiger partial charge in [0.05, 0.1) is 16.0 Å². The topological polar surface area (TPSA) is 42.0 Å². The lowest BCUT2D eigenvalue weighted by molar-refractivity contribution is 1.06. The second kappa shape index (κ2) is 5.61. The van der Waals surface area contributed by atoms with E-state index in [1.807, 2.05) is 23.6 Å². The van der Waals surface area contributed by atoms with Crippen LogP contribution in [0.1, 0.15) is 12.6 Å². The molecule has 2 aromatic heterocycles. The lowest BCUT2D eigenvalue weighted by Gasteiger charge is -1.99. The molecule has 0 aromatic carbocycles. The van der Waals surface area contributed by atoms with Gasteiger partial charge in [0.2, 0.25) is 0 Å². The zero-order valence-electron chi connectivity index (χ0n) is 9.35. The van der Waals surface area contributed by atoms with Crippen molar-refractivity contribution in [3.63, 3.8) is 0 Å². The van der Waals surface area contributed by atoms with Crippen LogP contribution in [0.3, 0.4) is 0 Å². The third-order valence-corrected chi connectivity index (χ3v) is 2.98. The van der Waals surface area contributed by atoms with E-state index < -0.39 is 0 Å². The summed E-state index contributed by atoms with van der Waals surface area (Å²) in [6.07, 6.45) is 2.60. The molecule has 0 fully saturated rings. The Morgan fingerprint density at radius 3 is 2.72 bits per heavy atom. The fraction of sp³-hybridized carbons (Fsp3) is 0.182. The average Bonchev–Trinajstić information content (AvgIpc) is 2.69. The number of hydrogen-bond donors (Lipinski definition) is 0. The van der Waals surface area contributed by atoms with Crippen molar-refractivity contribution in [3.05, 3.63) is 22.4 Å². The highest BCUT2D eigenvalue weighted by Crippen LogP contribution is 2.30. The first-order valence-electron chi connectivity index (χ1n) is 5.07. The smallest absolute Gasteiger partial charge is 0.170 e. The van der Waals surface area contributed by atoms with Crippen LogP contribution in [0.25, 0.3) is 5.65 Å². The molecule has 0 atom stereocenters. The van der Waals surface area contributed by atoms with Crippen molar-refractivity contribution in [3.8, 4) is 0 Å². The summed E-state index contributed by atoms with van der Waals surface area (Å²) in [5.74, 6) is 0.671. The summed E-state index contributed by atoms with van der Waals surface area (Å²) in [6, 6.07) is 1.83. The summed E-state index contributed by atoms with van der Waals surface area (Å²) in [5.41, 5.74) is 2.16. The van der Waals surface area contributed by atoms with Crippen LogP contribution in [0.2, 0.25) is 0 Å². The van der Waals surface area contributed by atoms with Crippen molar-refractivity contribution in [2.75, 3.05) is 0 Å². The predicted molar refractivity (Wildman–Crippen MR) is 81.6 cm³/mol. The van der Waals surface area contributed by atoms with Gasteiger partial charge in [-0.25, -0.2) is 4.98 Å². The number of aromatic nitrogens is 2. The molecule has 0 aliphatic carbocycles. The largest absolute Gasteiger partial charge is 0.281 e. The van der Waals surface area contributed by atoms with Gasteiger partial charge in [-0.2, -0.15) is 9.98 Å². The number of aliphatic imine (C=N–C) groups is 2. The molecular weight excluding hydrogens is 332 g/mol. The zero-order valence-corrected chi connectivity index (χ0v) is 12.6. The van der Waals surface area contributed by atoms with Crippen molar-refractivity contribution < 1.29 is 0 Å². The minimum atomic E-state index is 0.639. The van der Waals surface area contributed by atoms with E-state index in [0.717, 1.165) is 16.6 Å². The molecule has 2 aromatic rings.